The Morgan fingerprint density at radius 1 is 0.942 bits per heavy atom. The number of esters is 3. The standard InChI is InChI=1S/C42H61NO9/c1-5-6-7-8-9-10-11-12-13-14-15-16-17-18-19-20-35(45)49-29(2)39(46)50-30(3)40(47)51-33-23-24-42(48)34-27-31-21-22-32(28-44)37-36(31)41(42,38(33)52-37)25-26-43(34)4/h12-13,21-23,29-30,34,38,44,48H,5-11,14-20,24-28H2,1-4H3/b13-12-/t29-,30-,34+,38-,41-,42+/m0/s1. The van der Waals surface area contributed by atoms with Gasteiger partial charge in [-0.25, -0.2) is 9.59 Å². The van der Waals surface area contributed by atoms with Crippen LogP contribution in [0.15, 0.2) is 36.1 Å². The second-order valence-electron chi connectivity index (χ2n) is 15.4. The number of unbranched alkanes of at least 4 members (excludes halogenated alkanes) is 11. The third-order valence-corrected chi connectivity index (χ3v) is 11.8. The van der Waals surface area contributed by atoms with E-state index in [4.69, 9.17) is 18.9 Å². The van der Waals surface area contributed by atoms with Crippen molar-refractivity contribution in [1.82, 2.24) is 4.90 Å². The Balaban J connectivity index is 1.03. The fourth-order valence-electron chi connectivity index (χ4n) is 8.79. The Morgan fingerprint density at radius 3 is 2.29 bits per heavy atom. The lowest BCUT2D eigenvalue weighted by Gasteiger charge is -2.61. The van der Waals surface area contributed by atoms with Crippen molar-refractivity contribution >= 4 is 17.9 Å². The molecule has 52 heavy (non-hydrogen) atoms. The van der Waals surface area contributed by atoms with Crippen molar-refractivity contribution in [3.63, 3.8) is 0 Å². The van der Waals surface area contributed by atoms with Gasteiger partial charge < -0.3 is 34.1 Å². The van der Waals surface area contributed by atoms with Crippen molar-refractivity contribution in [1.29, 1.82) is 0 Å². The van der Waals surface area contributed by atoms with E-state index in [1.54, 1.807) is 6.08 Å². The fraction of sp³-hybridized carbons (Fsp3) is 0.690. The number of likely N-dealkylation sites (N-methyl/N-ethyl adjacent to an activating group) is 1. The van der Waals surface area contributed by atoms with Crippen molar-refractivity contribution in [3.05, 3.63) is 52.8 Å². The van der Waals surface area contributed by atoms with Gasteiger partial charge in [0, 0.05) is 30.0 Å². The molecule has 1 spiro atoms. The maximum Gasteiger partial charge on any atom is 0.352 e. The van der Waals surface area contributed by atoms with E-state index in [1.165, 1.54) is 58.8 Å². The number of aliphatic hydroxyl groups excluding tert-OH is 1. The van der Waals surface area contributed by atoms with Gasteiger partial charge in [-0.15, -0.1) is 0 Å². The van der Waals surface area contributed by atoms with Gasteiger partial charge in [-0.05, 0) is 84.0 Å². The molecule has 10 nitrogen and oxygen atoms in total. The van der Waals surface area contributed by atoms with Crippen molar-refractivity contribution < 1.29 is 43.5 Å². The molecule has 0 aromatic heterocycles. The fourth-order valence-corrected chi connectivity index (χ4v) is 8.79. The largest absolute Gasteiger partial charge is 0.481 e. The minimum absolute atomic E-state index is 0.153. The van der Waals surface area contributed by atoms with Gasteiger partial charge in [0.05, 0.1) is 17.6 Å². The Hall–Kier alpha value is -3.21. The lowest BCUT2D eigenvalue weighted by molar-refractivity contribution is -0.180. The predicted octanol–water partition coefficient (Wildman–Crippen LogP) is 6.90. The molecule has 2 heterocycles. The molecule has 2 aliphatic carbocycles. The topological polar surface area (TPSA) is 132 Å². The summed E-state index contributed by atoms with van der Waals surface area (Å²) >= 11 is 0. The molecule has 2 N–H and O–H groups in total. The van der Waals surface area contributed by atoms with Crippen LogP contribution in [0.1, 0.15) is 140 Å². The molecule has 1 aromatic carbocycles. The molecule has 0 radical (unpaired) electrons. The summed E-state index contributed by atoms with van der Waals surface area (Å²) in [5.41, 5.74) is 0.570. The van der Waals surface area contributed by atoms with Crippen LogP contribution in [0.5, 0.6) is 5.75 Å². The number of hydrogen-bond acceptors (Lipinski definition) is 10. The Bertz CT molecular complexity index is 1470. The highest BCUT2D eigenvalue weighted by atomic mass is 16.6. The van der Waals surface area contributed by atoms with E-state index in [0.29, 0.717) is 30.6 Å². The zero-order valence-electron chi connectivity index (χ0n) is 31.8. The molecule has 288 valence electrons. The third-order valence-electron chi connectivity index (χ3n) is 11.8. The Morgan fingerprint density at radius 2 is 1.60 bits per heavy atom. The molecule has 1 saturated heterocycles. The van der Waals surface area contributed by atoms with Crippen molar-refractivity contribution in [3.8, 4) is 5.75 Å². The minimum Gasteiger partial charge on any atom is -0.481 e. The van der Waals surface area contributed by atoms with Gasteiger partial charge in [0.15, 0.2) is 18.3 Å². The number of hydrogen-bond donors (Lipinski definition) is 2. The van der Waals surface area contributed by atoms with E-state index in [9.17, 15) is 24.6 Å². The Labute approximate surface area is 309 Å². The summed E-state index contributed by atoms with van der Waals surface area (Å²) in [6, 6.07) is 3.70. The van der Waals surface area contributed by atoms with Gasteiger partial charge in [0.2, 0.25) is 0 Å². The molecule has 0 saturated carbocycles. The summed E-state index contributed by atoms with van der Waals surface area (Å²) in [6.07, 6.45) is 19.9. The minimum atomic E-state index is -1.28. The predicted molar refractivity (Wildman–Crippen MR) is 197 cm³/mol. The van der Waals surface area contributed by atoms with Gasteiger partial charge in [-0.3, -0.25) is 4.79 Å². The van der Waals surface area contributed by atoms with Crippen LogP contribution in [0, 0.1) is 0 Å². The van der Waals surface area contributed by atoms with Crippen molar-refractivity contribution in [2.24, 2.45) is 0 Å². The van der Waals surface area contributed by atoms with Gasteiger partial charge in [0.25, 0.3) is 0 Å². The van der Waals surface area contributed by atoms with Crippen LogP contribution in [0.4, 0.5) is 0 Å². The number of benzene rings is 1. The van der Waals surface area contributed by atoms with Gasteiger partial charge in [-0.2, -0.15) is 0 Å². The molecular formula is C42H61NO9. The van der Waals surface area contributed by atoms with E-state index >= 15 is 0 Å². The summed E-state index contributed by atoms with van der Waals surface area (Å²) in [6.45, 7) is 5.59. The normalized spacial score (nSPS) is 25.5. The van der Waals surface area contributed by atoms with Crippen molar-refractivity contribution in [2.75, 3.05) is 13.6 Å². The van der Waals surface area contributed by atoms with E-state index in [-0.39, 0.29) is 31.2 Å². The number of aliphatic hydroxyl groups is 2. The van der Waals surface area contributed by atoms with E-state index < -0.39 is 47.2 Å². The van der Waals surface area contributed by atoms with Crippen LogP contribution in [0.2, 0.25) is 0 Å². The highest BCUT2D eigenvalue weighted by molar-refractivity contribution is 5.83. The molecule has 1 fully saturated rings. The molecule has 2 bridgehead atoms. The van der Waals surface area contributed by atoms with Crippen LogP contribution in [-0.4, -0.2) is 76.6 Å². The third kappa shape index (κ3) is 8.44. The zero-order chi connectivity index (χ0) is 37.3. The summed E-state index contributed by atoms with van der Waals surface area (Å²) in [7, 11) is 2.01. The number of likely N-dealkylation sites (tertiary alicyclic amines) is 1. The second kappa shape index (κ2) is 18.2. The molecule has 2 aliphatic heterocycles. The first-order chi connectivity index (χ1) is 25.1. The molecule has 1 aromatic rings. The van der Waals surface area contributed by atoms with Crippen LogP contribution in [-0.2, 0) is 47.0 Å². The molecule has 5 rings (SSSR count). The number of piperidine rings is 1. The van der Waals surface area contributed by atoms with E-state index in [0.717, 1.165) is 49.8 Å². The van der Waals surface area contributed by atoms with Crippen LogP contribution in [0.25, 0.3) is 0 Å². The number of ether oxygens (including phenoxy) is 4. The average Bonchev–Trinajstić information content (AvgIpc) is 3.48. The van der Waals surface area contributed by atoms with E-state index in [1.807, 2.05) is 19.2 Å². The lowest BCUT2D eigenvalue weighted by atomic mass is 9.50. The highest BCUT2D eigenvalue weighted by Crippen LogP contribution is 2.64. The smallest absolute Gasteiger partial charge is 0.352 e. The molecule has 4 aliphatic rings. The molecule has 0 amide bonds. The number of carbonyl (C=O) groups excluding carboxylic acids is 3. The quantitative estimate of drug-likeness (QED) is 0.0598. The van der Waals surface area contributed by atoms with Gasteiger partial charge >= 0.3 is 17.9 Å². The number of allylic oxidation sites excluding steroid dienone is 2. The summed E-state index contributed by atoms with van der Waals surface area (Å²) in [5.74, 6) is -1.30. The van der Waals surface area contributed by atoms with Crippen LogP contribution in [0.3, 0.4) is 0 Å². The number of nitrogens with zero attached hydrogens (tertiary/aromatic N) is 1. The van der Waals surface area contributed by atoms with Gasteiger partial charge in [0.1, 0.15) is 11.5 Å². The average molecular weight is 724 g/mol. The molecule has 0 unspecified atom stereocenters. The summed E-state index contributed by atoms with van der Waals surface area (Å²) < 4.78 is 23.0. The van der Waals surface area contributed by atoms with Crippen LogP contribution < -0.4 is 4.74 Å². The highest BCUT2D eigenvalue weighted by Gasteiger charge is 2.72. The summed E-state index contributed by atoms with van der Waals surface area (Å²) in [4.78, 5) is 40.7. The lowest BCUT2D eigenvalue weighted by Crippen LogP contribution is -2.74. The first-order valence-electron chi connectivity index (χ1n) is 19.9. The number of carbonyl (C=O) groups is 3. The van der Waals surface area contributed by atoms with E-state index in [2.05, 4.69) is 24.0 Å². The second-order valence-corrected chi connectivity index (χ2v) is 15.4. The van der Waals surface area contributed by atoms with Crippen molar-refractivity contribution in [2.45, 2.75) is 172 Å². The molecule has 10 heteroatoms. The maximum atomic E-state index is 13.3. The zero-order valence-corrected chi connectivity index (χ0v) is 31.8. The maximum absolute atomic E-state index is 13.3. The summed E-state index contributed by atoms with van der Waals surface area (Å²) in [5, 5.41) is 22.5. The first-order valence-corrected chi connectivity index (χ1v) is 19.9. The SMILES string of the molecule is CCCCCCCC/C=C\CCCCCCCC(=O)O[C@@H](C)C(=O)O[C@@H](C)C(=O)OC1=CC[C@@]2(O)[C@H]3Cc4ccc(CO)c5c4[C@@]2(CCN3C)[C@H]1O5. The number of rotatable bonds is 21. The Kier molecular flexibility index (Phi) is 14.0. The van der Waals surface area contributed by atoms with Gasteiger partial charge in [-0.1, -0.05) is 82.6 Å². The van der Waals surface area contributed by atoms with Crippen LogP contribution >= 0.6 is 0 Å². The molecular weight excluding hydrogens is 662 g/mol. The monoisotopic (exact) mass is 723 g/mol. The molecule has 6 atom stereocenters. The first kappa shape index (κ1) is 40.0.